The number of carbonyl (C=O) groups is 1. The first kappa shape index (κ1) is 22.3. The van der Waals surface area contributed by atoms with Gasteiger partial charge in [-0.05, 0) is 19.1 Å². The molecule has 0 unspecified atom stereocenters. The molecular weight excluding hydrogens is 434 g/mol. The van der Waals surface area contributed by atoms with E-state index in [1.165, 1.54) is 10.9 Å². The second-order valence-corrected chi connectivity index (χ2v) is 8.65. The Hall–Kier alpha value is -3.53. The molecule has 2 saturated heterocycles. The molecule has 1 amide bonds. The first-order chi connectivity index (χ1) is 16.6. The van der Waals surface area contributed by atoms with Crippen molar-refractivity contribution in [2.24, 2.45) is 0 Å². The van der Waals surface area contributed by atoms with Gasteiger partial charge in [-0.25, -0.2) is 9.97 Å². The number of rotatable bonds is 5. The molecule has 0 N–H and O–H groups in total. The number of carbonyl (C=O) groups excluding carboxylic acids is 1. The number of benzene rings is 1. The van der Waals surface area contributed by atoms with Crippen molar-refractivity contribution in [1.82, 2.24) is 24.4 Å². The fourth-order valence-corrected chi connectivity index (χ4v) is 4.43. The van der Waals surface area contributed by atoms with Gasteiger partial charge in [0.1, 0.15) is 5.82 Å². The SMILES string of the molecule is Cc1cc(N2CCOCC2)nc(N2CCN(C(=O)CCn3cnc4ccccc4c3=O)CC2)n1. The lowest BCUT2D eigenvalue weighted by Crippen LogP contribution is -2.49. The van der Waals surface area contributed by atoms with Crippen LogP contribution in [0.3, 0.4) is 0 Å². The molecule has 34 heavy (non-hydrogen) atoms. The number of amides is 1. The van der Waals surface area contributed by atoms with Gasteiger partial charge in [0.05, 0.1) is 30.4 Å². The van der Waals surface area contributed by atoms with E-state index in [2.05, 4.69) is 19.8 Å². The van der Waals surface area contributed by atoms with E-state index >= 15 is 0 Å². The van der Waals surface area contributed by atoms with Crippen LogP contribution in [0.25, 0.3) is 10.9 Å². The van der Waals surface area contributed by atoms with E-state index in [4.69, 9.17) is 9.72 Å². The summed E-state index contributed by atoms with van der Waals surface area (Å²) in [5, 5.41) is 0.570. The number of aryl methyl sites for hydroxylation is 2. The van der Waals surface area contributed by atoms with Crippen LogP contribution in [0.5, 0.6) is 0 Å². The van der Waals surface area contributed by atoms with Crippen molar-refractivity contribution < 1.29 is 9.53 Å². The molecule has 0 radical (unpaired) electrons. The normalized spacial score (nSPS) is 16.8. The number of aromatic nitrogens is 4. The van der Waals surface area contributed by atoms with Crippen molar-refractivity contribution >= 4 is 28.6 Å². The number of anilines is 2. The van der Waals surface area contributed by atoms with E-state index in [0.717, 1.165) is 24.6 Å². The highest BCUT2D eigenvalue weighted by Crippen LogP contribution is 2.20. The van der Waals surface area contributed by atoms with Gasteiger partial charge in [-0.2, -0.15) is 4.98 Å². The maximum Gasteiger partial charge on any atom is 0.261 e. The van der Waals surface area contributed by atoms with Crippen molar-refractivity contribution in [3.63, 3.8) is 0 Å². The summed E-state index contributed by atoms with van der Waals surface area (Å²) >= 11 is 0. The summed E-state index contributed by atoms with van der Waals surface area (Å²) in [6, 6.07) is 9.27. The highest BCUT2D eigenvalue weighted by Gasteiger charge is 2.24. The summed E-state index contributed by atoms with van der Waals surface area (Å²) in [4.78, 5) is 45.5. The molecule has 4 heterocycles. The molecule has 0 saturated carbocycles. The lowest BCUT2D eigenvalue weighted by Gasteiger charge is -2.35. The maximum atomic E-state index is 12.8. The number of ether oxygens (including phenoxy) is 1. The Morgan fingerprint density at radius 3 is 2.56 bits per heavy atom. The molecule has 5 rings (SSSR count). The quantitative estimate of drug-likeness (QED) is 0.555. The second kappa shape index (κ2) is 9.76. The number of fused-ring (bicyclic) bond motifs is 1. The molecule has 0 aliphatic carbocycles. The number of hydrogen-bond donors (Lipinski definition) is 0. The van der Waals surface area contributed by atoms with Crippen molar-refractivity contribution in [1.29, 1.82) is 0 Å². The molecule has 1 aromatic carbocycles. The number of piperazine rings is 1. The predicted molar refractivity (Wildman–Crippen MR) is 129 cm³/mol. The third kappa shape index (κ3) is 4.72. The van der Waals surface area contributed by atoms with Crippen LogP contribution in [0.15, 0.2) is 41.5 Å². The van der Waals surface area contributed by atoms with Crippen molar-refractivity contribution in [3.8, 4) is 0 Å². The van der Waals surface area contributed by atoms with Gasteiger partial charge >= 0.3 is 0 Å². The summed E-state index contributed by atoms with van der Waals surface area (Å²) in [6.45, 7) is 7.94. The van der Waals surface area contributed by atoms with Crippen molar-refractivity contribution in [3.05, 3.63) is 52.7 Å². The summed E-state index contributed by atoms with van der Waals surface area (Å²) in [5.74, 6) is 1.68. The van der Waals surface area contributed by atoms with Crippen LogP contribution >= 0.6 is 0 Å². The van der Waals surface area contributed by atoms with Crippen LogP contribution in [-0.2, 0) is 16.1 Å². The Morgan fingerprint density at radius 2 is 1.76 bits per heavy atom. The minimum absolute atomic E-state index is 0.0406. The molecule has 2 aliphatic heterocycles. The highest BCUT2D eigenvalue weighted by molar-refractivity contribution is 5.77. The Labute approximate surface area is 197 Å². The van der Waals surface area contributed by atoms with Crippen LogP contribution < -0.4 is 15.4 Å². The van der Waals surface area contributed by atoms with E-state index in [1.54, 1.807) is 6.07 Å². The lowest BCUT2D eigenvalue weighted by molar-refractivity contribution is -0.131. The maximum absolute atomic E-state index is 12.8. The van der Waals surface area contributed by atoms with E-state index in [-0.39, 0.29) is 17.9 Å². The predicted octanol–water partition coefficient (Wildman–Crippen LogP) is 1.07. The second-order valence-electron chi connectivity index (χ2n) is 8.65. The van der Waals surface area contributed by atoms with E-state index < -0.39 is 0 Å². The molecule has 0 atom stereocenters. The summed E-state index contributed by atoms with van der Waals surface area (Å²) < 4.78 is 6.97. The van der Waals surface area contributed by atoms with Crippen LogP contribution in [-0.4, -0.2) is 82.8 Å². The number of nitrogens with zero attached hydrogens (tertiary/aromatic N) is 7. The van der Waals surface area contributed by atoms with Gasteiger partial charge in [-0.15, -0.1) is 0 Å². The van der Waals surface area contributed by atoms with Gasteiger partial charge in [0.15, 0.2) is 0 Å². The summed E-state index contributed by atoms with van der Waals surface area (Å²) in [5.41, 5.74) is 1.48. The van der Waals surface area contributed by atoms with Crippen LogP contribution in [0.2, 0.25) is 0 Å². The summed E-state index contributed by atoms with van der Waals surface area (Å²) in [6.07, 6.45) is 1.79. The van der Waals surface area contributed by atoms with Gasteiger partial charge in [0.25, 0.3) is 5.56 Å². The molecule has 0 spiro atoms. The Morgan fingerprint density at radius 1 is 1.00 bits per heavy atom. The molecular formula is C24H29N7O3. The van der Waals surface area contributed by atoms with Crippen LogP contribution in [0.1, 0.15) is 12.1 Å². The zero-order valence-corrected chi connectivity index (χ0v) is 19.4. The van der Waals surface area contributed by atoms with Gasteiger partial charge < -0.3 is 19.4 Å². The third-order valence-corrected chi connectivity index (χ3v) is 6.38. The lowest BCUT2D eigenvalue weighted by atomic mass is 10.2. The molecule has 2 aromatic heterocycles. The van der Waals surface area contributed by atoms with Crippen molar-refractivity contribution in [2.45, 2.75) is 19.9 Å². The first-order valence-corrected chi connectivity index (χ1v) is 11.7. The Bertz CT molecular complexity index is 1230. The first-order valence-electron chi connectivity index (χ1n) is 11.7. The average molecular weight is 464 g/mol. The molecule has 0 bridgehead atoms. The van der Waals surface area contributed by atoms with Crippen molar-refractivity contribution in [2.75, 3.05) is 62.3 Å². The number of hydrogen-bond acceptors (Lipinski definition) is 8. The molecule has 178 valence electrons. The average Bonchev–Trinajstić information content (AvgIpc) is 2.88. The highest BCUT2D eigenvalue weighted by atomic mass is 16.5. The van der Waals surface area contributed by atoms with E-state index in [9.17, 15) is 9.59 Å². The standard InChI is InChI=1S/C24H29N7O3/c1-18-16-21(28-12-14-34-15-13-28)27-24(26-18)30-10-8-29(9-11-30)22(32)6-7-31-17-25-20-5-3-2-4-19(20)23(31)33/h2-5,16-17H,6-15H2,1H3. The summed E-state index contributed by atoms with van der Waals surface area (Å²) in [7, 11) is 0. The molecule has 2 fully saturated rings. The van der Waals surface area contributed by atoms with Gasteiger partial charge in [0, 0.05) is 64.0 Å². The molecule has 10 heteroatoms. The Kier molecular flexibility index (Phi) is 6.39. The molecule has 3 aromatic rings. The fraction of sp³-hybridized carbons (Fsp3) is 0.458. The largest absolute Gasteiger partial charge is 0.378 e. The number of para-hydroxylation sites is 1. The minimum Gasteiger partial charge on any atom is -0.378 e. The molecule has 10 nitrogen and oxygen atoms in total. The van der Waals surface area contributed by atoms with Gasteiger partial charge in [0.2, 0.25) is 11.9 Å². The van der Waals surface area contributed by atoms with E-state index in [0.29, 0.717) is 62.8 Å². The Balaban J connectivity index is 1.18. The fourth-order valence-electron chi connectivity index (χ4n) is 4.43. The monoisotopic (exact) mass is 463 g/mol. The van der Waals surface area contributed by atoms with E-state index in [1.807, 2.05) is 36.1 Å². The van der Waals surface area contributed by atoms with Gasteiger partial charge in [-0.3, -0.25) is 14.2 Å². The number of morpholine rings is 1. The third-order valence-electron chi connectivity index (χ3n) is 6.38. The molecule has 2 aliphatic rings. The van der Waals surface area contributed by atoms with Crippen LogP contribution in [0.4, 0.5) is 11.8 Å². The zero-order chi connectivity index (χ0) is 23.5. The van der Waals surface area contributed by atoms with Crippen LogP contribution in [0, 0.1) is 6.92 Å². The topological polar surface area (TPSA) is 96.7 Å². The smallest absolute Gasteiger partial charge is 0.261 e. The zero-order valence-electron chi connectivity index (χ0n) is 19.4. The minimum atomic E-state index is -0.115. The van der Waals surface area contributed by atoms with Gasteiger partial charge in [-0.1, -0.05) is 12.1 Å².